The fourth-order valence-corrected chi connectivity index (χ4v) is 2.16. The summed E-state index contributed by atoms with van der Waals surface area (Å²) in [6.07, 6.45) is 3.53. The molecule has 2 aromatic heterocycles. The summed E-state index contributed by atoms with van der Waals surface area (Å²) < 4.78 is 0. The van der Waals surface area contributed by atoms with Crippen LogP contribution in [0, 0.1) is 0 Å². The number of hydrogen-bond donors (Lipinski definition) is 2. The minimum atomic E-state index is 0.00750. The second kappa shape index (κ2) is 5.08. The molecule has 2 N–H and O–H groups in total. The molecule has 0 saturated carbocycles. The van der Waals surface area contributed by atoms with Gasteiger partial charge in [0.25, 0.3) is 0 Å². The predicted octanol–water partition coefficient (Wildman–Crippen LogP) is 3.24. The first kappa shape index (κ1) is 11.7. The van der Waals surface area contributed by atoms with Crippen molar-refractivity contribution in [3.63, 3.8) is 0 Å². The van der Waals surface area contributed by atoms with Crippen LogP contribution in [0.1, 0.15) is 5.56 Å². The van der Waals surface area contributed by atoms with E-state index in [2.05, 4.69) is 9.97 Å². The van der Waals surface area contributed by atoms with Crippen LogP contribution in [0.5, 0.6) is 0 Å². The molecule has 3 aromatic rings. The molecule has 0 atom stereocenters. The summed E-state index contributed by atoms with van der Waals surface area (Å²) in [5.74, 6) is 0. The van der Waals surface area contributed by atoms with Crippen molar-refractivity contribution in [3.8, 4) is 22.5 Å². The number of nitrogens with one attached hydrogen (secondary N) is 1. The van der Waals surface area contributed by atoms with E-state index in [9.17, 15) is 5.11 Å². The normalized spacial score (nSPS) is 10.6. The Bertz CT molecular complexity index is 660. The van der Waals surface area contributed by atoms with E-state index in [-0.39, 0.29) is 6.61 Å². The molecule has 0 aliphatic carbocycles. The van der Waals surface area contributed by atoms with Crippen LogP contribution in [0.3, 0.4) is 0 Å². The number of aliphatic hydroxyl groups is 1. The Labute approximate surface area is 111 Å². The monoisotopic (exact) mass is 250 g/mol. The molecule has 0 spiro atoms. The number of H-pyrrole nitrogens is 1. The molecule has 0 saturated heterocycles. The van der Waals surface area contributed by atoms with Crippen LogP contribution in [0.25, 0.3) is 22.5 Å². The number of aliphatic hydroxyl groups excluding tert-OH is 1. The highest BCUT2D eigenvalue weighted by molar-refractivity contribution is 5.71. The van der Waals surface area contributed by atoms with Gasteiger partial charge in [-0.3, -0.25) is 4.98 Å². The predicted molar refractivity (Wildman–Crippen MR) is 75.4 cm³/mol. The lowest BCUT2D eigenvalue weighted by Gasteiger charge is -2.00. The van der Waals surface area contributed by atoms with Crippen molar-refractivity contribution in [1.82, 2.24) is 9.97 Å². The van der Waals surface area contributed by atoms with Crippen molar-refractivity contribution >= 4 is 0 Å². The maximum atomic E-state index is 9.50. The van der Waals surface area contributed by atoms with Crippen molar-refractivity contribution in [2.45, 2.75) is 6.61 Å². The largest absolute Gasteiger partial charge is 0.392 e. The number of benzene rings is 1. The highest BCUT2D eigenvalue weighted by Crippen LogP contribution is 2.28. The van der Waals surface area contributed by atoms with Gasteiger partial charge in [-0.05, 0) is 23.8 Å². The first-order valence-corrected chi connectivity index (χ1v) is 6.17. The van der Waals surface area contributed by atoms with Crippen LogP contribution in [-0.4, -0.2) is 15.1 Å². The second-order valence-corrected chi connectivity index (χ2v) is 4.35. The Morgan fingerprint density at radius 2 is 1.79 bits per heavy atom. The van der Waals surface area contributed by atoms with Gasteiger partial charge in [0.15, 0.2) is 0 Å². The molecule has 3 rings (SSSR count). The van der Waals surface area contributed by atoms with Crippen LogP contribution >= 0.6 is 0 Å². The van der Waals surface area contributed by atoms with Gasteiger partial charge in [-0.15, -0.1) is 0 Å². The Hall–Kier alpha value is -2.39. The second-order valence-electron chi connectivity index (χ2n) is 4.35. The Kier molecular flexibility index (Phi) is 3.12. The third-order valence-electron chi connectivity index (χ3n) is 3.10. The number of aromatic amines is 1. The standard InChI is InChI=1S/C16H14N2O/c19-11-14-9-15(12-5-2-1-3-6-12)18-16(14)13-7-4-8-17-10-13/h1-10,18-19H,11H2. The van der Waals surface area contributed by atoms with E-state index in [1.54, 1.807) is 12.4 Å². The maximum Gasteiger partial charge on any atom is 0.0703 e. The Balaban J connectivity index is 2.09. The molecule has 0 unspecified atom stereocenters. The molecular formula is C16H14N2O. The van der Waals surface area contributed by atoms with Gasteiger partial charge in [-0.25, -0.2) is 0 Å². The molecule has 3 nitrogen and oxygen atoms in total. The molecule has 0 amide bonds. The number of pyridine rings is 1. The van der Waals surface area contributed by atoms with Crippen molar-refractivity contribution in [2.75, 3.05) is 0 Å². The van der Waals surface area contributed by atoms with Gasteiger partial charge < -0.3 is 10.1 Å². The van der Waals surface area contributed by atoms with Gasteiger partial charge in [0.05, 0.1) is 12.3 Å². The molecule has 0 fully saturated rings. The van der Waals surface area contributed by atoms with Gasteiger partial charge >= 0.3 is 0 Å². The zero-order valence-electron chi connectivity index (χ0n) is 10.4. The molecule has 2 heterocycles. The van der Waals surface area contributed by atoms with E-state index in [4.69, 9.17) is 0 Å². The van der Waals surface area contributed by atoms with Gasteiger partial charge in [0.1, 0.15) is 0 Å². The molecule has 0 aliphatic rings. The zero-order valence-corrected chi connectivity index (χ0v) is 10.4. The number of nitrogens with zero attached hydrogens (tertiary/aromatic N) is 1. The Morgan fingerprint density at radius 1 is 1.00 bits per heavy atom. The third-order valence-corrected chi connectivity index (χ3v) is 3.10. The molecule has 1 aromatic carbocycles. The number of aromatic nitrogens is 2. The SMILES string of the molecule is OCc1cc(-c2ccccc2)[nH]c1-c1cccnc1. The fourth-order valence-electron chi connectivity index (χ4n) is 2.16. The summed E-state index contributed by atoms with van der Waals surface area (Å²) in [4.78, 5) is 7.48. The molecule has 3 heteroatoms. The summed E-state index contributed by atoms with van der Waals surface area (Å²) >= 11 is 0. The van der Waals surface area contributed by atoms with Crippen LogP contribution in [-0.2, 0) is 6.61 Å². The zero-order chi connectivity index (χ0) is 13.1. The highest BCUT2D eigenvalue weighted by Gasteiger charge is 2.10. The lowest BCUT2D eigenvalue weighted by atomic mass is 10.1. The van der Waals surface area contributed by atoms with Gasteiger partial charge in [0.2, 0.25) is 0 Å². The molecular weight excluding hydrogens is 236 g/mol. The van der Waals surface area contributed by atoms with Gasteiger partial charge in [0, 0.05) is 29.2 Å². The summed E-state index contributed by atoms with van der Waals surface area (Å²) in [6.45, 7) is 0.00750. The first-order valence-electron chi connectivity index (χ1n) is 6.17. The fraction of sp³-hybridized carbons (Fsp3) is 0.0625. The summed E-state index contributed by atoms with van der Waals surface area (Å²) in [6, 6.07) is 15.9. The summed E-state index contributed by atoms with van der Waals surface area (Å²) in [7, 11) is 0. The van der Waals surface area contributed by atoms with Crippen LogP contribution in [0.15, 0.2) is 60.9 Å². The summed E-state index contributed by atoms with van der Waals surface area (Å²) in [5.41, 5.74) is 4.89. The highest BCUT2D eigenvalue weighted by atomic mass is 16.3. The minimum absolute atomic E-state index is 0.00750. The average molecular weight is 250 g/mol. The van der Waals surface area contributed by atoms with E-state index in [1.807, 2.05) is 48.5 Å². The van der Waals surface area contributed by atoms with Crippen LogP contribution in [0.2, 0.25) is 0 Å². The number of rotatable bonds is 3. The quantitative estimate of drug-likeness (QED) is 0.749. The average Bonchev–Trinajstić information content (AvgIpc) is 2.93. The smallest absolute Gasteiger partial charge is 0.0703 e. The van der Waals surface area contributed by atoms with Gasteiger partial charge in [-0.2, -0.15) is 0 Å². The van der Waals surface area contributed by atoms with E-state index in [0.717, 1.165) is 28.1 Å². The molecule has 0 bridgehead atoms. The van der Waals surface area contributed by atoms with E-state index < -0.39 is 0 Å². The van der Waals surface area contributed by atoms with Crippen molar-refractivity contribution in [1.29, 1.82) is 0 Å². The van der Waals surface area contributed by atoms with Crippen LogP contribution < -0.4 is 0 Å². The lowest BCUT2D eigenvalue weighted by Crippen LogP contribution is -1.86. The van der Waals surface area contributed by atoms with Crippen molar-refractivity contribution < 1.29 is 5.11 Å². The molecule has 19 heavy (non-hydrogen) atoms. The molecule has 0 aliphatic heterocycles. The van der Waals surface area contributed by atoms with E-state index >= 15 is 0 Å². The topological polar surface area (TPSA) is 48.9 Å². The van der Waals surface area contributed by atoms with Crippen LogP contribution in [0.4, 0.5) is 0 Å². The summed E-state index contributed by atoms with van der Waals surface area (Å²) in [5, 5.41) is 9.50. The van der Waals surface area contributed by atoms with Crippen molar-refractivity contribution in [3.05, 3.63) is 66.5 Å². The molecule has 0 radical (unpaired) electrons. The minimum Gasteiger partial charge on any atom is -0.392 e. The van der Waals surface area contributed by atoms with Crippen molar-refractivity contribution in [2.24, 2.45) is 0 Å². The lowest BCUT2D eigenvalue weighted by molar-refractivity contribution is 0.282. The molecule has 94 valence electrons. The third kappa shape index (κ3) is 2.28. The maximum absolute atomic E-state index is 9.50. The van der Waals surface area contributed by atoms with E-state index in [1.165, 1.54) is 0 Å². The van der Waals surface area contributed by atoms with Gasteiger partial charge in [-0.1, -0.05) is 30.3 Å². The number of hydrogen-bond acceptors (Lipinski definition) is 2. The van der Waals surface area contributed by atoms with E-state index in [0.29, 0.717) is 0 Å². The Morgan fingerprint density at radius 3 is 2.47 bits per heavy atom. The first-order chi connectivity index (χ1) is 9.38.